The van der Waals surface area contributed by atoms with Crippen LogP contribution in [0.4, 0.5) is 10.7 Å². The summed E-state index contributed by atoms with van der Waals surface area (Å²) in [5.74, 6) is 0.613. The lowest BCUT2D eigenvalue weighted by molar-refractivity contribution is 0.157. The molecule has 0 bridgehead atoms. The zero-order valence-electron chi connectivity index (χ0n) is 14.6. The minimum atomic E-state index is 0. The molecule has 4 heterocycles. The standard InChI is InChI=1S/C18H22N6O.ClH/c25-18(23-7-1-2-8-23)24-9-4-16-14(10-19-11-15(16)13-24)12-22-17-20-5-3-6-21-17;/h3,5-6,10-11H,1-2,4,7-9,12-13H2,(H,20,21,22);1H. The Morgan fingerprint density at radius 3 is 2.62 bits per heavy atom. The summed E-state index contributed by atoms with van der Waals surface area (Å²) in [6.07, 6.45) is 10.3. The van der Waals surface area contributed by atoms with Crippen molar-refractivity contribution in [1.82, 2.24) is 24.8 Å². The van der Waals surface area contributed by atoms with Crippen molar-refractivity contribution in [3.05, 3.63) is 47.5 Å². The van der Waals surface area contributed by atoms with Gasteiger partial charge in [0.05, 0.1) is 0 Å². The van der Waals surface area contributed by atoms with Crippen molar-refractivity contribution in [2.75, 3.05) is 25.0 Å². The molecule has 2 aromatic rings. The van der Waals surface area contributed by atoms with Crippen LogP contribution < -0.4 is 5.32 Å². The minimum Gasteiger partial charge on any atom is -0.350 e. The maximum absolute atomic E-state index is 12.6. The van der Waals surface area contributed by atoms with Gasteiger partial charge in [-0.2, -0.15) is 0 Å². The van der Waals surface area contributed by atoms with Gasteiger partial charge in [-0.05, 0) is 42.0 Å². The number of fused-ring (bicyclic) bond motifs is 1. The topological polar surface area (TPSA) is 74.2 Å². The van der Waals surface area contributed by atoms with Gasteiger partial charge in [0.25, 0.3) is 0 Å². The molecule has 0 aliphatic carbocycles. The fraction of sp³-hybridized carbons (Fsp3) is 0.444. The highest BCUT2D eigenvalue weighted by Gasteiger charge is 2.27. The lowest BCUT2D eigenvalue weighted by Gasteiger charge is -2.32. The second kappa shape index (κ2) is 8.31. The van der Waals surface area contributed by atoms with E-state index in [0.717, 1.165) is 50.0 Å². The number of pyridine rings is 1. The lowest BCUT2D eigenvalue weighted by Crippen LogP contribution is -2.44. The van der Waals surface area contributed by atoms with E-state index in [1.165, 1.54) is 5.56 Å². The first-order valence-corrected chi connectivity index (χ1v) is 8.80. The first kappa shape index (κ1) is 18.4. The van der Waals surface area contributed by atoms with Crippen molar-refractivity contribution < 1.29 is 4.79 Å². The van der Waals surface area contributed by atoms with Crippen molar-refractivity contribution in [3.8, 4) is 0 Å². The van der Waals surface area contributed by atoms with E-state index in [2.05, 4.69) is 20.3 Å². The number of urea groups is 1. The molecule has 0 saturated carbocycles. The van der Waals surface area contributed by atoms with Gasteiger partial charge in [-0.25, -0.2) is 14.8 Å². The summed E-state index contributed by atoms with van der Waals surface area (Å²) in [7, 11) is 0. The highest BCUT2D eigenvalue weighted by atomic mass is 35.5. The Morgan fingerprint density at radius 2 is 1.85 bits per heavy atom. The summed E-state index contributed by atoms with van der Waals surface area (Å²) in [4.78, 5) is 29.3. The second-order valence-electron chi connectivity index (χ2n) is 6.51. The van der Waals surface area contributed by atoms with E-state index in [9.17, 15) is 4.79 Å². The Kier molecular flexibility index (Phi) is 5.88. The smallest absolute Gasteiger partial charge is 0.320 e. The first-order chi connectivity index (χ1) is 12.3. The average Bonchev–Trinajstić information content (AvgIpc) is 3.21. The fourth-order valence-electron chi connectivity index (χ4n) is 3.56. The van der Waals surface area contributed by atoms with Gasteiger partial charge in [0.15, 0.2) is 0 Å². The fourth-order valence-corrected chi connectivity index (χ4v) is 3.56. The van der Waals surface area contributed by atoms with Crippen molar-refractivity contribution in [3.63, 3.8) is 0 Å². The highest BCUT2D eigenvalue weighted by molar-refractivity contribution is 5.85. The number of aromatic nitrogens is 3. The van der Waals surface area contributed by atoms with Gasteiger partial charge in [-0.3, -0.25) is 4.98 Å². The van der Waals surface area contributed by atoms with Gasteiger partial charge in [-0.1, -0.05) is 0 Å². The van der Waals surface area contributed by atoms with Crippen LogP contribution in [-0.4, -0.2) is 50.4 Å². The van der Waals surface area contributed by atoms with Gasteiger partial charge >= 0.3 is 6.03 Å². The predicted octanol–water partition coefficient (Wildman–Crippen LogP) is 2.48. The number of hydrogen-bond donors (Lipinski definition) is 1. The SMILES string of the molecule is Cl.O=C(N1CCCC1)N1CCc2c(CNc3ncccn3)cncc2C1. The number of nitrogens with one attached hydrogen (secondary N) is 1. The van der Waals surface area contributed by atoms with Crippen LogP contribution in [-0.2, 0) is 19.5 Å². The molecule has 1 N–H and O–H groups in total. The molecule has 7 nitrogen and oxygen atoms in total. The number of halogens is 1. The van der Waals surface area contributed by atoms with E-state index >= 15 is 0 Å². The number of amides is 2. The number of rotatable bonds is 3. The normalized spacial score (nSPS) is 16.0. The molecule has 26 heavy (non-hydrogen) atoms. The maximum atomic E-state index is 12.6. The molecule has 0 radical (unpaired) electrons. The van der Waals surface area contributed by atoms with Crippen molar-refractivity contribution in [2.24, 2.45) is 0 Å². The third kappa shape index (κ3) is 3.88. The van der Waals surface area contributed by atoms with Crippen LogP contribution in [0.25, 0.3) is 0 Å². The number of hydrogen-bond acceptors (Lipinski definition) is 5. The predicted molar refractivity (Wildman–Crippen MR) is 101 cm³/mol. The van der Waals surface area contributed by atoms with Crippen LogP contribution in [0.1, 0.15) is 29.5 Å². The number of anilines is 1. The third-order valence-electron chi connectivity index (χ3n) is 4.88. The van der Waals surface area contributed by atoms with E-state index in [4.69, 9.17) is 0 Å². The molecule has 2 amide bonds. The monoisotopic (exact) mass is 374 g/mol. The molecule has 138 valence electrons. The van der Waals surface area contributed by atoms with Gasteiger partial charge in [-0.15, -0.1) is 12.4 Å². The summed E-state index contributed by atoms with van der Waals surface area (Å²) in [6.45, 7) is 3.83. The number of likely N-dealkylation sites (tertiary alicyclic amines) is 1. The third-order valence-corrected chi connectivity index (χ3v) is 4.88. The van der Waals surface area contributed by atoms with Crippen LogP contribution in [0.3, 0.4) is 0 Å². The summed E-state index contributed by atoms with van der Waals surface area (Å²) in [6, 6.07) is 1.97. The summed E-state index contributed by atoms with van der Waals surface area (Å²) < 4.78 is 0. The van der Waals surface area contributed by atoms with Gasteiger partial charge in [0.1, 0.15) is 0 Å². The number of carbonyl (C=O) groups is 1. The Balaban J connectivity index is 0.00000196. The first-order valence-electron chi connectivity index (χ1n) is 8.80. The average molecular weight is 375 g/mol. The molecular weight excluding hydrogens is 352 g/mol. The Labute approximate surface area is 159 Å². The molecule has 2 aliphatic rings. The summed E-state index contributed by atoms with van der Waals surface area (Å²) in [5, 5.41) is 3.24. The van der Waals surface area contributed by atoms with E-state index in [1.54, 1.807) is 18.5 Å². The van der Waals surface area contributed by atoms with Crippen molar-refractivity contribution in [1.29, 1.82) is 0 Å². The van der Waals surface area contributed by atoms with E-state index < -0.39 is 0 Å². The van der Waals surface area contributed by atoms with Crippen molar-refractivity contribution >= 4 is 24.4 Å². The molecule has 0 atom stereocenters. The molecule has 2 aromatic heterocycles. The van der Waals surface area contributed by atoms with E-state index in [1.807, 2.05) is 22.2 Å². The van der Waals surface area contributed by atoms with Crippen LogP contribution in [0.5, 0.6) is 0 Å². The number of carbonyl (C=O) groups excluding carboxylic acids is 1. The molecular formula is C18H23ClN6O. The van der Waals surface area contributed by atoms with Crippen LogP contribution in [0, 0.1) is 0 Å². The van der Waals surface area contributed by atoms with E-state index in [0.29, 0.717) is 19.0 Å². The quantitative estimate of drug-likeness (QED) is 0.893. The molecule has 0 spiro atoms. The van der Waals surface area contributed by atoms with E-state index in [-0.39, 0.29) is 18.4 Å². The van der Waals surface area contributed by atoms with Crippen LogP contribution >= 0.6 is 12.4 Å². The largest absolute Gasteiger partial charge is 0.350 e. The summed E-state index contributed by atoms with van der Waals surface area (Å²) >= 11 is 0. The zero-order chi connectivity index (χ0) is 17.1. The highest BCUT2D eigenvalue weighted by Crippen LogP contribution is 2.24. The van der Waals surface area contributed by atoms with Gasteiger partial charge in [0, 0.05) is 57.5 Å². The minimum absolute atomic E-state index is 0. The Bertz CT molecular complexity index is 751. The molecule has 8 heteroatoms. The Morgan fingerprint density at radius 1 is 1.08 bits per heavy atom. The zero-order valence-corrected chi connectivity index (χ0v) is 15.4. The molecule has 1 saturated heterocycles. The molecule has 0 aromatic carbocycles. The van der Waals surface area contributed by atoms with Crippen LogP contribution in [0.15, 0.2) is 30.9 Å². The number of nitrogens with zero attached hydrogens (tertiary/aromatic N) is 5. The maximum Gasteiger partial charge on any atom is 0.320 e. The summed E-state index contributed by atoms with van der Waals surface area (Å²) in [5.41, 5.74) is 3.59. The lowest BCUT2D eigenvalue weighted by atomic mass is 9.97. The second-order valence-corrected chi connectivity index (χ2v) is 6.51. The molecule has 4 rings (SSSR count). The Hall–Kier alpha value is -2.41. The van der Waals surface area contributed by atoms with Gasteiger partial charge < -0.3 is 15.1 Å². The molecule has 2 aliphatic heterocycles. The molecule has 1 fully saturated rings. The van der Waals surface area contributed by atoms with Crippen molar-refractivity contribution in [2.45, 2.75) is 32.4 Å². The van der Waals surface area contributed by atoms with Crippen LogP contribution in [0.2, 0.25) is 0 Å². The molecule has 0 unspecified atom stereocenters. The van der Waals surface area contributed by atoms with Gasteiger partial charge in [0.2, 0.25) is 5.95 Å².